The molecule has 0 spiro atoms. The zero-order valence-electron chi connectivity index (χ0n) is 7.52. The molecule has 0 aliphatic heterocycles. The topological polar surface area (TPSA) is 43.1 Å². The van der Waals surface area contributed by atoms with Crippen molar-refractivity contribution >= 4 is 5.78 Å². The van der Waals surface area contributed by atoms with Crippen molar-refractivity contribution in [3.63, 3.8) is 0 Å². The van der Waals surface area contributed by atoms with Crippen molar-refractivity contribution in [3.05, 3.63) is 24.3 Å². The molecule has 4 heteroatoms. The van der Waals surface area contributed by atoms with Gasteiger partial charge in [-0.2, -0.15) is 10.1 Å². The Morgan fingerprint density at radius 2 is 2.08 bits per heavy atom. The molecule has 2 aromatic rings. The van der Waals surface area contributed by atoms with E-state index in [9.17, 15) is 0 Å². The van der Waals surface area contributed by atoms with Crippen molar-refractivity contribution in [1.82, 2.24) is 19.6 Å². The summed E-state index contributed by atoms with van der Waals surface area (Å²) in [5.41, 5.74) is 0. The molecule has 0 amide bonds. The highest BCUT2D eigenvalue weighted by molar-refractivity contribution is 5.24. The van der Waals surface area contributed by atoms with Crippen LogP contribution in [0.2, 0.25) is 0 Å². The van der Waals surface area contributed by atoms with Crippen LogP contribution in [0.1, 0.15) is 19.7 Å². The SMILES string of the molecule is CC.Cc1nc2ncccn2n1. The fourth-order valence-electron chi connectivity index (χ4n) is 0.837. The van der Waals surface area contributed by atoms with Gasteiger partial charge in [-0.05, 0) is 13.0 Å². The highest BCUT2D eigenvalue weighted by Gasteiger charge is 1.95. The van der Waals surface area contributed by atoms with E-state index in [-0.39, 0.29) is 0 Å². The molecular weight excluding hydrogens is 152 g/mol. The standard InChI is InChI=1S/C6H6N4.C2H6/c1-5-8-6-7-3-2-4-10(6)9-5;1-2/h2-4H,1H3;1-2H3. The molecule has 0 radical (unpaired) electrons. The highest BCUT2D eigenvalue weighted by atomic mass is 15.3. The fraction of sp³-hybridized carbons (Fsp3) is 0.375. The van der Waals surface area contributed by atoms with Crippen LogP contribution in [-0.2, 0) is 0 Å². The predicted molar refractivity (Wildman–Crippen MR) is 46.9 cm³/mol. The van der Waals surface area contributed by atoms with Crippen LogP contribution in [0.4, 0.5) is 0 Å². The van der Waals surface area contributed by atoms with E-state index in [0.717, 1.165) is 5.82 Å². The molecule has 0 bridgehead atoms. The molecule has 2 rings (SSSR count). The number of fused-ring (bicyclic) bond motifs is 1. The monoisotopic (exact) mass is 164 g/mol. The van der Waals surface area contributed by atoms with E-state index in [4.69, 9.17) is 0 Å². The zero-order chi connectivity index (χ0) is 8.97. The Morgan fingerprint density at radius 3 is 2.75 bits per heavy atom. The summed E-state index contributed by atoms with van der Waals surface area (Å²) in [6.45, 7) is 5.84. The van der Waals surface area contributed by atoms with E-state index < -0.39 is 0 Å². The molecule has 0 N–H and O–H groups in total. The lowest BCUT2D eigenvalue weighted by Crippen LogP contribution is -1.86. The molecule has 64 valence electrons. The summed E-state index contributed by atoms with van der Waals surface area (Å²) >= 11 is 0. The van der Waals surface area contributed by atoms with Gasteiger partial charge in [0, 0.05) is 12.4 Å². The van der Waals surface area contributed by atoms with Crippen LogP contribution in [0.15, 0.2) is 18.5 Å². The van der Waals surface area contributed by atoms with E-state index >= 15 is 0 Å². The molecule has 0 aliphatic rings. The van der Waals surface area contributed by atoms with Gasteiger partial charge in [0.15, 0.2) is 0 Å². The van der Waals surface area contributed by atoms with E-state index in [1.54, 1.807) is 10.7 Å². The molecule has 12 heavy (non-hydrogen) atoms. The van der Waals surface area contributed by atoms with E-state index in [1.165, 1.54) is 0 Å². The van der Waals surface area contributed by atoms with Crippen LogP contribution >= 0.6 is 0 Å². The first kappa shape index (κ1) is 8.64. The van der Waals surface area contributed by atoms with Crippen molar-refractivity contribution in [1.29, 1.82) is 0 Å². The fourth-order valence-corrected chi connectivity index (χ4v) is 0.837. The van der Waals surface area contributed by atoms with Gasteiger partial charge in [0.25, 0.3) is 5.78 Å². The molecule has 0 fully saturated rings. The number of aromatic nitrogens is 4. The van der Waals surface area contributed by atoms with Gasteiger partial charge in [0.05, 0.1) is 0 Å². The van der Waals surface area contributed by atoms with Crippen molar-refractivity contribution in [2.45, 2.75) is 20.8 Å². The normalized spacial score (nSPS) is 9.25. The first-order valence-electron chi connectivity index (χ1n) is 4.00. The minimum Gasteiger partial charge on any atom is -0.220 e. The van der Waals surface area contributed by atoms with Crippen LogP contribution in [0.5, 0.6) is 0 Å². The minimum absolute atomic E-state index is 0.653. The summed E-state index contributed by atoms with van der Waals surface area (Å²) in [7, 11) is 0. The Morgan fingerprint density at radius 1 is 1.33 bits per heavy atom. The van der Waals surface area contributed by atoms with E-state index in [2.05, 4.69) is 15.1 Å². The van der Waals surface area contributed by atoms with E-state index in [1.807, 2.05) is 33.0 Å². The molecule has 2 heterocycles. The van der Waals surface area contributed by atoms with Gasteiger partial charge in [-0.15, -0.1) is 0 Å². The molecule has 4 nitrogen and oxygen atoms in total. The number of hydrogen-bond donors (Lipinski definition) is 0. The molecule has 0 atom stereocenters. The second-order valence-corrected chi connectivity index (χ2v) is 2.02. The Labute approximate surface area is 71.3 Å². The van der Waals surface area contributed by atoms with Crippen LogP contribution in [0.25, 0.3) is 5.78 Å². The molecule has 0 saturated heterocycles. The predicted octanol–water partition coefficient (Wildman–Crippen LogP) is 1.46. The lowest BCUT2D eigenvalue weighted by Gasteiger charge is -1.83. The number of aryl methyl sites for hydroxylation is 1. The number of nitrogens with zero attached hydrogens (tertiary/aromatic N) is 4. The van der Waals surface area contributed by atoms with E-state index in [0.29, 0.717) is 5.78 Å². The average Bonchev–Trinajstić information content (AvgIpc) is 2.48. The second-order valence-electron chi connectivity index (χ2n) is 2.02. The highest BCUT2D eigenvalue weighted by Crippen LogP contribution is 1.93. The summed E-state index contributed by atoms with van der Waals surface area (Å²) in [6, 6.07) is 1.82. The van der Waals surface area contributed by atoms with Crippen LogP contribution in [0, 0.1) is 6.92 Å². The van der Waals surface area contributed by atoms with Gasteiger partial charge in [-0.25, -0.2) is 9.50 Å². The molecule has 0 aromatic carbocycles. The lowest BCUT2D eigenvalue weighted by atomic mass is 10.7. The van der Waals surface area contributed by atoms with Gasteiger partial charge >= 0.3 is 0 Å². The Bertz CT molecular complexity index is 320. The zero-order valence-corrected chi connectivity index (χ0v) is 7.52. The Hall–Kier alpha value is -1.45. The van der Waals surface area contributed by atoms with Crippen molar-refractivity contribution in [2.75, 3.05) is 0 Å². The van der Waals surface area contributed by atoms with Gasteiger partial charge in [0.1, 0.15) is 5.82 Å². The van der Waals surface area contributed by atoms with Crippen LogP contribution < -0.4 is 0 Å². The maximum Gasteiger partial charge on any atom is 0.252 e. The summed E-state index contributed by atoms with van der Waals surface area (Å²) in [5.74, 6) is 1.40. The summed E-state index contributed by atoms with van der Waals surface area (Å²) < 4.78 is 1.65. The quantitative estimate of drug-likeness (QED) is 0.592. The largest absolute Gasteiger partial charge is 0.252 e. The maximum atomic E-state index is 4.06. The third kappa shape index (κ3) is 1.58. The first-order chi connectivity index (χ1) is 5.86. The molecule has 0 aliphatic carbocycles. The van der Waals surface area contributed by atoms with Gasteiger partial charge < -0.3 is 0 Å². The minimum atomic E-state index is 0.653. The van der Waals surface area contributed by atoms with Crippen molar-refractivity contribution in [3.8, 4) is 0 Å². The third-order valence-electron chi connectivity index (χ3n) is 1.22. The summed E-state index contributed by atoms with van der Waals surface area (Å²) in [4.78, 5) is 8.05. The van der Waals surface area contributed by atoms with Crippen molar-refractivity contribution in [2.24, 2.45) is 0 Å². The van der Waals surface area contributed by atoms with Gasteiger partial charge in [-0.3, -0.25) is 0 Å². The number of hydrogen-bond acceptors (Lipinski definition) is 3. The van der Waals surface area contributed by atoms with Crippen molar-refractivity contribution < 1.29 is 0 Å². The molecule has 0 saturated carbocycles. The van der Waals surface area contributed by atoms with Crippen LogP contribution in [-0.4, -0.2) is 19.6 Å². The van der Waals surface area contributed by atoms with Crippen LogP contribution in [0.3, 0.4) is 0 Å². The second kappa shape index (κ2) is 3.80. The summed E-state index contributed by atoms with van der Waals surface area (Å²) in [6.07, 6.45) is 3.52. The Kier molecular flexibility index (Phi) is 2.74. The lowest BCUT2D eigenvalue weighted by molar-refractivity contribution is 0.916. The van der Waals surface area contributed by atoms with Gasteiger partial charge in [-0.1, -0.05) is 13.8 Å². The molecule has 2 aromatic heterocycles. The third-order valence-corrected chi connectivity index (χ3v) is 1.22. The average molecular weight is 164 g/mol. The molecular formula is C8H12N4. The number of rotatable bonds is 0. The smallest absolute Gasteiger partial charge is 0.220 e. The first-order valence-corrected chi connectivity index (χ1v) is 4.00. The Balaban J connectivity index is 0.000000336. The maximum absolute atomic E-state index is 4.06. The van der Waals surface area contributed by atoms with Gasteiger partial charge in [0.2, 0.25) is 0 Å². The molecule has 0 unspecified atom stereocenters. The summed E-state index contributed by atoms with van der Waals surface area (Å²) in [5, 5.41) is 4.06.